The van der Waals surface area contributed by atoms with E-state index in [2.05, 4.69) is 25.2 Å². The Labute approximate surface area is 216 Å². The predicted molar refractivity (Wildman–Crippen MR) is 124 cm³/mol. The molecule has 0 unspecified atom stereocenters. The van der Waals surface area contributed by atoms with E-state index < -0.39 is 16.1 Å². The van der Waals surface area contributed by atoms with E-state index in [9.17, 15) is 18.5 Å². The fourth-order valence-electron chi connectivity index (χ4n) is 7.07. The maximum absolute atomic E-state index is 13.4. The molecule has 4 saturated carbocycles. The molecule has 2 bridgehead atoms. The van der Waals surface area contributed by atoms with Crippen molar-refractivity contribution in [2.24, 2.45) is 22.7 Å². The van der Waals surface area contributed by atoms with Crippen LogP contribution in [0.2, 0.25) is 0 Å². The molecule has 6 fully saturated rings. The Morgan fingerprint density at radius 1 is 1.09 bits per heavy atom. The van der Waals surface area contributed by atoms with E-state index in [1.165, 1.54) is 4.31 Å². The number of amides is 1. The van der Waals surface area contributed by atoms with E-state index in [0.717, 1.165) is 25.2 Å². The van der Waals surface area contributed by atoms with Crippen molar-refractivity contribution in [3.63, 3.8) is 0 Å². The first-order chi connectivity index (χ1) is 15.7. The van der Waals surface area contributed by atoms with Crippen molar-refractivity contribution in [2.75, 3.05) is 5.75 Å². The molecule has 6 nitrogen and oxygen atoms in total. The second-order valence-corrected chi connectivity index (χ2v) is 12.4. The molecule has 180 valence electrons. The van der Waals surface area contributed by atoms with Crippen molar-refractivity contribution >= 4 is 15.9 Å². The fourth-order valence-corrected chi connectivity index (χ4v) is 9.64. The minimum absolute atomic E-state index is 0. The molecule has 1 spiro atoms. The standard InChI is InChI=1S/C21H26N3O3S.C5H5.Fe/c1-20(2)15-7-8-21(20)12-28(26,27)24(17(21)10-15)19(25)16-9-14(11-22)18(23-16)13-5-3-4-6-13;1-2-4-5-3-1;/h3-6,14-18,23H,7-10,12H2,1-2H3;1-5H;/q;;+2/t14-,15-,16+,17-,18+,21-;;/m1../s1. The number of rotatable bonds is 2. The zero-order chi connectivity index (χ0) is 23.4. The number of nitriles is 1. The van der Waals surface area contributed by atoms with E-state index in [-0.39, 0.29) is 57.6 Å². The molecule has 1 amide bonds. The number of nitrogens with zero attached hydrogens (tertiary/aromatic N) is 2. The largest absolute Gasteiger partial charge is 2.00 e. The molecule has 0 aromatic heterocycles. The van der Waals surface area contributed by atoms with Gasteiger partial charge < -0.3 is 5.32 Å². The summed E-state index contributed by atoms with van der Waals surface area (Å²) in [5, 5.41) is 12.8. The quantitative estimate of drug-likeness (QED) is 0.565. The topological polar surface area (TPSA) is 90.3 Å². The van der Waals surface area contributed by atoms with E-state index in [1.807, 2.05) is 57.8 Å². The SMILES string of the molecule is CC1(C)[C@@H]2CC[C@]13CS(=O)(=O)N(C(=O)[C@@H]1C[C@H](C#N)[C@H]([C]4[CH][CH][CH][CH]4)N1)[C@@H]3C2.[CH]1[CH][CH][CH][CH]1.[Fe+2]. The van der Waals surface area contributed by atoms with Gasteiger partial charge in [0.2, 0.25) is 10.0 Å². The number of nitrogens with one attached hydrogen (secondary N) is 1. The third-order valence-electron chi connectivity index (χ3n) is 8.97. The van der Waals surface area contributed by atoms with Crippen LogP contribution < -0.4 is 5.32 Å². The molecule has 6 rings (SSSR count). The van der Waals surface area contributed by atoms with Crippen LogP contribution in [0.1, 0.15) is 39.5 Å². The molecule has 8 heteroatoms. The average molecular weight is 521 g/mol. The summed E-state index contributed by atoms with van der Waals surface area (Å²) in [6.45, 7) is 4.36. The first-order valence-electron chi connectivity index (χ1n) is 11.8. The molecule has 2 saturated heterocycles. The average Bonchev–Trinajstić information content (AvgIpc) is 3.59. The second-order valence-electron chi connectivity index (χ2n) is 10.6. The van der Waals surface area contributed by atoms with Gasteiger partial charge in [0, 0.05) is 17.4 Å². The Bertz CT molecular complexity index is 914. The van der Waals surface area contributed by atoms with Crippen LogP contribution in [0.4, 0.5) is 0 Å². The van der Waals surface area contributed by atoms with Gasteiger partial charge in [-0.3, -0.25) is 4.79 Å². The van der Waals surface area contributed by atoms with Crippen LogP contribution in [0, 0.1) is 97.7 Å². The van der Waals surface area contributed by atoms with Gasteiger partial charge >= 0.3 is 17.1 Å². The molecule has 6 aliphatic rings. The van der Waals surface area contributed by atoms with Gasteiger partial charge in [0.15, 0.2) is 0 Å². The Hall–Kier alpha value is -0.611. The molecular weight excluding hydrogens is 490 g/mol. The summed E-state index contributed by atoms with van der Waals surface area (Å²) in [4.78, 5) is 13.4. The van der Waals surface area contributed by atoms with Crippen molar-refractivity contribution in [2.45, 2.75) is 57.7 Å². The zero-order valence-electron chi connectivity index (χ0n) is 19.5. The molecule has 4 aliphatic carbocycles. The molecule has 0 aromatic carbocycles. The van der Waals surface area contributed by atoms with Gasteiger partial charge in [-0.2, -0.15) is 5.26 Å². The maximum atomic E-state index is 13.4. The molecular formula is C26H31FeN3O3S+2. The summed E-state index contributed by atoms with van der Waals surface area (Å²) in [6.07, 6.45) is 20.8. The van der Waals surface area contributed by atoms with Crippen LogP contribution in [0.15, 0.2) is 0 Å². The molecule has 34 heavy (non-hydrogen) atoms. The van der Waals surface area contributed by atoms with Crippen LogP contribution >= 0.6 is 0 Å². The van der Waals surface area contributed by atoms with Crippen molar-refractivity contribution in [3.8, 4) is 6.07 Å². The van der Waals surface area contributed by atoms with Crippen molar-refractivity contribution in [1.82, 2.24) is 9.62 Å². The van der Waals surface area contributed by atoms with E-state index in [0.29, 0.717) is 12.3 Å². The van der Waals surface area contributed by atoms with Gasteiger partial charge in [0.1, 0.15) is 0 Å². The molecule has 10 radical (unpaired) electrons. The van der Waals surface area contributed by atoms with Gasteiger partial charge in [-0.05, 0) is 94.8 Å². The number of fused-ring (bicyclic) bond motifs is 1. The smallest absolute Gasteiger partial charge is 0.301 e. The zero-order valence-corrected chi connectivity index (χ0v) is 21.4. The molecule has 6 atom stereocenters. The van der Waals surface area contributed by atoms with E-state index in [1.54, 1.807) is 0 Å². The van der Waals surface area contributed by atoms with Crippen molar-refractivity contribution in [1.29, 1.82) is 5.26 Å². The van der Waals surface area contributed by atoms with Gasteiger partial charge in [0.05, 0.1) is 29.8 Å². The Morgan fingerprint density at radius 2 is 1.71 bits per heavy atom. The number of hydrogen-bond donors (Lipinski definition) is 1. The van der Waals surface area contributed by atoms with Crippen molar-refractivity contribution in [3.05, 3.63) is 63.7 Å². The summed E-state index contributed by atoms with van der Waals surface area (Å²) in [5.41, 5.74) is -0.375. The summed E-state index contributed by atoms with van der Waals surface area (Å²) < 4.78 is 27.5. The molecule has 2 heterocycles. The fraction of sp³-hybridized carbons (Fsp3) is 0.538. The number of hydrogen-bond acceptors (Lipinski definition) is 5. The summed E-state index contributed by atoms with van der Waals surface area (Å²) >= 11 is 0. The Morgan fingerprint density at radius 3 is 2.26 bits per heavy atom. The first-order valence-corrected chi connectivity index (χ1v) is 13.4. The number of carbonyl (C=O) groups excluding carboxylic acids is 1. The predicted octanol–water partition coefficient (Wildman–Crippen LogP) is 2.65. The van der Waals surface area contributed by atoms with Crippen LogP contribution in [0.25, 0.3) is 0 Å². The van der Waals surface area contributed by atoms with Gasteiger partial charge in [-0.25, -0.2) is 12.7 Å². The van der Waals surface area contributed by atoms with Gasteiger partial charge in [-0.1, -0.05) is 13.8 Å². The molecule has 2 aliphatic heterocycles. The monoisotopic (exact) mass is 521 g/mol. The molecule has 1 N–H and O–H groups in total. The summed E-state index contributed by atoms with van der Waals surface area (Å²) in [7, 11) is -3.63. The van der Waals surface area contributed by atoms with Crippen LogP contribution in [-0.2, 0) is 31.9 Å². The van der Waals surface area contributed by atoms with Crippen LogP contribution in [0.5, 0.6) is 0 Å². The Kier molecular flexibility index (Phi) is 7.54. The number of sulfonamides is 1. The molecule has 0 aromatic rings. The van der Waals surface area contributed by atoms with E-state index >= 15 is 0 Å². The minimum atomic E-state index is -3.63. The second kappa shape index (κ2) is 9.69. The third kappa shape index (κ3) is 4.07. The van der Waals surface area contributed by atoms with Crippen LogP contribution in [-0.4, -0.2) is 42.5 Å². The first kappa shape index (κ1) is 26.5. The van der Waals surface area contributed by atoms with E-state index in [4.69, 9.17) is 0 Å². The van der Waals surface area contributed by atoms with Gasteiger partial charge in [-0.15, -0.1) is 0 Å². The summed E-state index contributed by atoms with van der Waals surface area (Å²) in [6, 6.07) is 1.22. The van der Waals surface area contributed by atoms with Crippen LogP contribution in [0.3, 0.4) is 0 Å². The minimum Gasteiger partial charge on any atom is -0.301 e. The normalized spacial score (nSPS) is 41.4. The van der Waals surface area contributed by atoms with Gasteiger partial charge in [0.25, 0.3) is 5.91 Å². The maximum Gasteiger partial charge on any atom is 2.00 e. The number of carbonyl (C=O) groups is 1. The Balaban J connectivity index is 0.000000407. The van der Waals surface area contributed by atoms with Crippen molar-refractivity contribution < 1.29 is 30.3 Å². The third-order valence-corrected chi connectivity index (χ3v) is 10.9. The summed E-state index contributed by atoms with van der Waals surface area (Å²) in [5.74, 6) is 0.833.